The summed E-state index contributed by atoms with van der Waals surface area (Å²) >= 11 is 0. The average molecular weight is 310 g/mol. The molecule has 126 valence electrons. The zero-order valence-corrected chi connectivity index (χ0v) is 14.0. The summed E-state index contributed by atoms with van der Waals surface area (Å²) in [6.07, 6.45) is 7.11. The molecular weight excluding hydrogens is 280 g/mol. The van der Waals surface area contributed by atoms with Crippen molar-refractivity contribution in [2.75, 3.05) is 26.2 Å². The zero-order chi connectivity index (χ0) is 16.2. The van der Waals surface area contributed by atoms with Crippen LogP contribution in [0.2, 0.25) is 0 Å². The van der Waals surface area contributed by atoms with Crippen LogP contribution in [0.4, 0.5) is 4.79 Å². The Morgan fingerprint density at radius 2 is 2.00 bits per heavy atom. The van der Waals surface area contributed by atoms with Crippen molar-refractivity contribution in [2.45, 2.75) is 51.7 Å². The van der Waals surface area contributed by atoms with Crippen molar-refractivity contribution >= 4 is 6.09 Å². The highest BCUT2D eigenvalue weighted by Crippen LogP contribution is 2.21. The van der Waals surface area contributed by atoms with Gasteiger partial charge in [-0.3, -0.25) is 0 Å². The largest absolute Gasteiger partial charge is 0.444 e. The molecule has 1 fully saturated rings. The van der Waals surface area contributed by atoms with Gasteiger partial charge in [0.2, 0.25) is 0 Å². The molecule has 5 nitrogen and oxygen atoms in total. The molecule has 2 aliphatic rings. The van der Waals surface area contributed by atoms with Crippen LogP contribution in [0.1, 0.15) is 40.0 Å². The summed E-state index contributed by atoms with van der Waals surface area (Å²) in [5.74, 6) is 0.923. The topological polar surface area (TPSA) is 61.8 Å². The van der Waals surface area contributed by atoms with Gasteiger partial charge >= 0.3 is 6.09 Å². The van der Waals surface area contributed by atoms with Crippen LogP contribution in [0, 0.1) is 11.8 Å². The molecule has 1 amide bonds. The van der Waals surface area contributed by atoms with Crippen LogP contribution in [0.15, 0.2) is 12.2 Å². The fraction of sp³-hybridized carbons (Fsp3) is 0.824. The summed E-state index contributed by atoms with van der Waals surface area (Å²) in [5.41, 5.74) is -0.423. The third kappa shape index (κ3) is 5.29. The normalized spacial score (nSPS) is 26.5. The molecule has 1 saturated heterocycles. The predicted molar refractivity (Wildman–Crippen MR) is 86.7 cm³/mol. The number of ether oxygens (including phenoxy) is 1. The Hall–Kier alpha value is -1.07. The predicted octanol–water partition coefficient (Wildman–Crippen LogP) is 2.16. The first-order chi connectivity index (χ1) is 10.4. The van der Waals surface area contributed by atoms with E-state index < -0.39 is 5.60 Å². The van der Waals surface area contributed by atoms with Crippen molar-refractivity contribution in [1.29, 1.82) is 0 Å². The number of rotatable bonds is 4. The minimum atomic E-state index is -0.423. The highest BCUT2D eigenvalue weighted by Gasteiger charge is 2.27. The van der Waals surface area contributed by atoms with E-state index >= 15 is 0 Å². The molecule has 1 heterocycles. The van der Waals surface area contributed by atoms with Gasteiger partial charge in [-0.15, -0.1) is 0 Å². The lowest BCUT2D eigenvalue weighted by Crippen LogP contribution is -2.44. The molecule has 5 heteroatoms. The Morgan fingerprint density at radius 3 is 2.55 bits per heavy atom. The highest BCUT2D eigenvalue weighted by molar-refractivity contribution is 5.68. The standard InChI is InChI=1S/C17H30N2O3/c1-17(2,3)22-16(21)19-8-6-13(7-9-19)11-18-15-5-4-14(10-15)12-20/h4-5,13-15,18,20H,6-12H2,1-3H3/t14-,15+/m0/s1. The van der Waals surface area contributed by atoms with Crippen molar-refractivity contribution in [3.63, 3.8) is 0 Å². The number of hydrogen-bond donors (Lipinski definition) is 2. The zero-order valence-electron chi connectivity index (χ0n) is 14.0. The summed E-state index contributed by atoms with van der Waals surface area (Å²) in [6, 6.07) is 0.390. The Bertz CT molecular complexity index is 395. The van der Waals surface area contributed by atoms with Crippen LogP contribution in [-0.2, 0) is 4.74 Å². The van der Waals surface area contributed by atoms with E-state index in [4.69, 9.17) is 9.84 Å². The first kappa shape index (κ1) is 17.3. The molecule has 2 N–H and O–H groups in total. The number of carbonyl (C=O) groups excluding carboxylic acids is 1. The molecule has 22 heavy (non-hydrogen) atoms. The maximum Gasteiger partial charge on any atom is 0.410 e. The van der Waals surface area contributed by atoms with Crippen molar-refractivity contribution < 1.29 is 14.6 Å². The average Bonchev–Trinajstić information content (AvgIpc) is 2.92. The molecule has 1 aliphatic carbocycles. The summed E-state index contributed by atoms with van der Waals surface area (Å²) in [7, 11) is 0. The van der Waals surface area contributed by atoms with Gasteiger partial charge in [-0.2, -0.15) is 0 Å². The molecule has 0 unspecified atom stereocenters. The second-order valence-corrected chi connectivity index (χ2v) is 7.49. The molecule has 0 bridgehead atoms. The lowest BCUT2D eigenvalue weighted by atomic mass is 9.96. The Morgan fingerprint density at radius 1 is 1.32 bits per heavy atom. The molecule has 1 aliphatic heterocycles. The van der Waals surface area contributed by atoms with Crippen LogP contribution < -0.4 is 5.32 Å². The summed E-state index contributed by atoms with van der Waals surface area (Å²) in [6.45, 7) is 8.48. The van der Waals surface area contributed by atoms with Gasteiger partial charge in [0.1, 0.15) is 5.60 Å². The maximum absolute atomic E-state index is 12.0. The van der Waals surface area contributed by atoms with Crippen LogP contribution in [0.5, 0.6) is 0 Å². The SMILES string of the molecule is CC(C)(C)OC(=O)N1CCC(CN[C@@H]2C=C[C@H](CO)C2)CC1. The third-order valence-corrected chi connectivity index (χ3v) is 4.34. The highest BCUT2D eigenvalue weighted by atomic mass is 16.6. The van der Waals surface area contributed by atoms with E-state index in [1.165, 1.54) is 0 Å². The van der Waals surface area contributed by atoms with Crippen LogP contribution >= 0.6 is 0 Å². The van der Waals surface area contributed by atoms with Gasteiger partial charge in [0.05, 0.1) is 0 Å². The van der Waals surface area contributed by atoms with Crippen LogP contribution in [0.3, 0.4) is 0 Å². The van der Waals surface area contributed by atoms with E-state index in [9.17, 15) is 4.79 Å². The number of piperidine rings is 1. The number of nitrogens with one attached hydrogen (secondary N) is 1. The first-order valence-electron chi connectivity index (χ1n) is 8.38. The number of carbonyl (C=O) groups is 1. The lowest BCUT2D eigenvalue weighted by Gasteiger charge is -2.33. The van der Waals surface area contributed by atoms with E-state index in [2.05, 4.69) is 17.5 Å². The van der Waals surface area contributed by atoms with E-state index in [-0.39, 0.29) is 12.7 Å². The minimum Gasteiger partial charge on any atom is -0.444 e. The molecular formula is C17H30N2O3. The molecule has 2 atom stereocenters. The quantitative estimate of drug-likeness (QED) is 0.781. The number of aliphatic hydroxyl groups is 1. The summed E-state index contributed by atoms with van der Waals surface area (Å²) in [5, 5.41) is 12.7. The van der Waals surface area contributed by atoms with Crippen LogP contribution in [0.25, 0.3) is 0 Å². The number of nitrogens with zero attached hydrogens (tertiary/aromatic N) is 1. The Labute approximate surface area is 133 Å². The third-order valence-electron chi connectivity index (χ3n) is 4.34. The van der Waals surface area contributed by atoms with Crippen molar-refractivity contribution in [2.24, 2.45) is 11.8 Å². The van der Waals surface area contributed by atoms with Gasteiger partial charge in [0.15, 0.2) is 0 Å². The molecule has 0 aromatic carbocycles. The summed E-state index contributed by atoms with van der Waals surface area (Å²) in [4.78, 5) is 13.8. The monoisotopic (exact) mass is 310 g/mol. The Balaban J connectivity index is 1.65. The Kier molecular flexibility index (Phi) is 5.87. The second-order valence-electron chi connectivity index (χ2n) is 7.49. The van der Waals surface area contributed by atoms with Crippen molar-refractivity contribution in [3.8, 4) is 0 Å². The van der Waals surface area contributed by atoms with Gasteiger partial charge in [-0.25, -0.2) is 4.79 Å². The molecule has 0 aromatic heterocycles. The molecule has 0 radical (unpaired) electrons. The molecule has 0 aromatic rings. The lowest BCUT2D eigenvalue weighted by molar-refractivity contribution is 0.0183. The number of amides is 1. The van der Waals surface area contributed by atoms with E-state index in [0.29, 0.717) is 17.9 Å². The minimum absolute atomic E-state index is 0.191. The number of aliphatic hydroxyl groups excluding tert-OH is 1. The first-order valence-corrected chi connectivity index (χ1v) is 8.38. The second kappa shape index (κ2) is 7.47. The van der Waals surface area contributed by atoms with Gasteiger partial charge in [-0.05, 0) is 52.5 Å². The molecule has 0 saturated carbocycles. The smallest absolute Gasteiger partial charge is 0.410 e. The summed E-state index contributed by atoms with van der Waals surface area (Å²) < 4.78 is 5.42. The van der Waals surface area contributed by atoms with Crippen molar-refractivity contribution in [3.05, 3.63) is 12.2 Å². The fourth-order valence-electron chi connectivity index (χ4n) is 3.03. The van der Waals surface area contributed by atoms with Gasteiger partial charge in [-0.1, -0.05) is 12.2 Å². The van der Waals surface area contributed by atoms with Gasteiger partial charge < -0.3 is 20.1 Å². The van der Waals surface area contributed by atoms with Gasteiger partial charge in [0, 0.05) is 31.7 Å². The molecule has 2 rings (SSSR count). The van der Waals surface area contributed by atoms with Gasteiger partial charge in [0.25, 0.3) is 0 Å². The van der Waals surface area contributed by atoms with E-state index in [1.807, 2.05) is 25.7 Å². The van der Waals surface area contributed by atoms with E-state index in [1.54, 1.807) is 0 Å². The van der Waals surface area contributed by atoms with Crippen LogP contribution in [-0.4, -0.2) is 54.0 Å². The molecule has 0 spiro atoms. The number of likely N-dealkylation sites (tertiary alicyclic amines) is 1. The maximum atomic E-state index is 12.0. The fourth-order valence-corrected chi connectivity index (χ4v) is 3.03. The number of hydrogen-bond acceptors (Lipinski definition) is 4. The van der Waals surface area contributed by atoms with Crippen molar-refractivity contribution in [1.82, 2.24) is 10.2 Å². The van der Waals surface area contributed by atoms with E-state index in [0.717, 1.165) is 38.9 Å².